The maximum absolute atomic E-state index is 13.4. The van der Waals surface area contributed by atoms with Crippen LogP contribution in [0.15, 0.2) is 72.8 Å². The lowest BCUT2D eigenvalue weighted by atomic mass is 9.90. The van der Waals surface area contributed by atoms with Crippen molar-refractivity contribution in [1.82, 2.24) is 10.6 Å². The Morgan fingerprint density at radius 2 is 1.60 bits per heavy atom. The van der Waals surface area contributed by atoms with Gasteiger partial charge in [-0.25, -0.2) is 18.4 Å². The van der Waals surface area contributed by atoms with E-state index in [-0.39, 0.29) is 11.9 Å². The van der Waals surface area contributed by atoms with Gasteiger partial charge in [-0.2, -0.15) is 11.8 Å². The fourth-order valence-corrected chi connectivity index (χ4v) is 5.11. The number of rotatable bonds is 16. The quantitative estimate of drug-likeness (QED) is 0.141. The van der Waals surface area contributed by atoms with E-state index in [2.05, 4.69) is 53.0 Å². The zero-order valence-electron chi connectivity index (χ0n) is 27.1. The number of carbonyl (C=O) groups is 2. The summed E-state index contributed by atoms with van der Waals surface area (Å²) in [5.74, 6) is -0.705. The molecule has 0 aromatic heterocycles. The van der Waals surface area contributed by atoms with Gasteiger partial charge in [0.2, 0.25) is 10.0 Å². The molecule has 246 valence electrons. The molecule has 10 heteroatoms. The Hall–Kier alpha value is -3.18. The number of aryl methyl sites for hydroxylation is 1. The molecule has 0 saturated carbocycles. The molecular weight excluding hydrogens is 607 g/mol. The number of sulfonamides is 1. The largest absolute Gasteiger partial charge is 0.480 e. The number of hydrogen-bond donors (Lipinski definition) is 4. The van der Waals surface area contributed by atoms with Gasteiger partial charge in [0.05, 0.1) is 5.25 Å². The minimum atomic E-state index is -3.24. The Bertz CT molecular complexity index is 1460. The van der Waals surface area contributed by atoms with Crippen LogP contribution in [0.2, 0.25) is 0 Å². The summed E-state index contributed by atoms with van der Waals surface area (Å²) in [6.07, 6.45) is 6.46. The molecule has 3 rings (SSSR count). The molecule has 3 aromatic carbocycles. The second-order valence-electron chi connectivity index (χ2n) is 11.3. The van der Waals surface area contributed by atoms with Gasteiger partial charge < -0.3 is 15.7 Å². The number of hydrogen-bond acceptors (Lipinski definition) is 6. The first-order valence-electron chi connectivity index (χ1n) is 15.4. The summed E-state index contributed by atoms with van der Waals surface area (Å²) in [6.45, 7) is 8.17. The summed E-state index contributed by atoms with van der Waals surface area (Å²) in [5.41, 5.74) is 5.82. The van der Waals surface area contributed by atoms with Crippen molar-refractivity contribution in [2.75, 3.05) is 18.6 Å². The molecule has 0 fully saturated rings. The van der Waals surface area contributed by atoms with Crippen molar-refractivity contribution in [1.29, 1.82) is 0 Å². The fourth-order valence-electron chi connectivity index (χ4n) is 4.63. The van der Waals surface area contributed by atoms with Crippen molar-refractivity contribution < 1.29 is 23.1 Å². The normalized spacial score (nSPS) is 12.6. The number of carbonyl (C=O) groups excluding carboxylic acids is 1. The van der Waals surface area contributed by atoms with E-state index in [1.165, 1.54) is 19.4 Å². The maximum atomic E-state index is 13.4. The standard InChI is InChI=1S/C32H40N2O3S.C3H9NO2S/c1-4-5-15-29(33-20-18-24-12-7-6-8-13-24)25-16-17-27(28(22-25)26-14-10-9-11-23(26)2)31(35)34-30(32(36)37)19-21-38-3;1-3(2)7(4,5)6/h6-14,16-17,22,29-30,33H,4-5,15,18-21H2,1-3H3,(H,34,35)(H,36,37);3H,1-2H3,(H2,4,5,6). The summed E-state index contributed by atoms with van der Waals surface area (Å²) >= 11 is 1.57. The smallest absolute Gasteiger partial charge is 0.326 e. The van der Waals surface area contributed by atoms with E-state index in [4.69, 9.17) is 0 Å². The van der Waals surface area contributed by atoms with Crippen LogP contribution in [-0.4, -0.2) is 55.2 Å². The van der Waals surface area contributed by atoms with Crippen LogP contribution in [0.4, 0.5) is 0 Å². The van der Waals surface area contributed by atoms with Gasteiger partial charge in [-0.15, -0.1) is 0 Å². The van der Waals surface area contributed by atoms with Crippen molar-refractivity contribution in [3.8, 4) is 11.1 Å². The third-order valence-corrected chi connectivity index (χ3v) is 9.45. The van der Waals surface area contributed by atoms with Crippen molar-refractivity contribution in [3.05, 3.63) is 95.1 Å². The molecule has 0 saturated heterocycles. The molecule has 0 heterocycles. The van der Waals surface area contributed by atoms with Crippen molar-refractivity contribution in [2.45, 2.75) is 77.1 Å². The van der Waals surface area contributed by atoms with Crippen LogP contribution >= 0.6 is 11.8 Å². The molecule has 1 amide bonds. The van der Waals surface area contributed by atoms with E-state index in [0.29, 0.717) is 17.7 Å². The lowest BCUT2D eigenvalue weighted by Crippen LogP contribution is -2.41. The lowest BCUT2D eigenvalue weighted by molar-refractivity contribution is -0.139. The average Bonchev–Trinajstić information content (AvgIpc) is 3.01. The number of primary sulfonamides is 1. The van der Waals surface area contributed by atoms with Gasteiger partial charge in [-0.05, 0) is 98.5 Å². The summed E-state index contributed by atoms with van der Waals surface area (Å²) in [6, 6.07) is 23.7. The zero-order chi connectivity index (χ0) is 33.4. The lowest BCUT2D eigenvalue weighted by Gasteiger charge is -2.22. The number of thioether (sulfide) groups is 1. The number of unbranched alkanes of at least 4 members (excludes halogenated alkanes) is 1. The summed E-state index contributed by atoms with van der Waals surface area (Å²) in [7, 11) is -3.24. The molecule has 2 unspecified atom stereocenters. The number of amides is 1. The van der Waals surface area contributed by atoms with Crippen LogP contribution in [-0.2, 0) is 21.2 Å². The topological polar surface area (TPSA) is 139 Å². The Balaban J connectivity index is 0.000000900. The predicted octanol–water partition coefficient (Wildman–Crippen LogP) is 6.35. The van der Waals surface area contributed by atoms with E-state index in [0.717, 1.165) is 54.5 Å². The van der Waals surface area contributed by atoms with Crippen molar-refractivity contribution in [2.24, 2.45) is 5.14 Å². The fraction of sp³-hybridized carbons (Fsp3) is 0.429. The van der Waals surface area contributed by atoms with Gasteiger partial charge in [0.25, 0.3) is 5.91 Å². The summed E-state index contributed by atoms with van der Waals surface area (Å²) in [5, 5.41) is 20.4. The van der Waals surface area contributed by atoms with Crippen LogP contribution in [0, 0.1) is 6.92 Å². The number of nitrogens with two attached hydrogens (primary N) is 1. The second kappa shape index (κ2) is 19.4. The minimum absolute atomic E-state index is 0.159. The number of carboxylic acids is 1. The average molecular weight is 656 g/mol. The molecule has 0 bridgehead atoms. The molecule has 45 heavy (non-hydrogen) atoms. The van der Waals surface area contributed by atoms with Crippen LogP contribution in [0.5, 0.6) is 0 Å². The molecule has 0 aliphatic heterocycles. The van der Waals surface area contributed by atoms with Gasteiger partial charge in [-0.3, -0.25) is 4.79 Å². The molecule has 8 nitrogen and oxygen atoms in total. The Labute approximate surface area is 273 Å². The van der Waals surface area contributed by atoms with Crippen LogP contribution in [0.25, 0.3) is 11.1 Å². The Morgan fingerprint density at radius 3 is 2.18 bits per heavy atom. The van der Waals surface area contributed by atoms with E-state index < -0.39 is 27.3 Å². The molecule has 0 radical (unpaired) electrons. The number of benzene rings is 3. The van der Waals surface area contributed by atoms with E-state index in [1.807, 2.05) is 55.6 Å². The van der Waals surface area contributed by atoms with Crippen LogP contribution in [0.3, 0.4) is 0 Å². The van der Waals surface area contributed by atoms with Crippen LogP contribution < -0.4 is 15.8 Å². The summed E-state index contributed by atoms with van der Waals surface area (Å²) < 4.78 is 20.2. The minimum Gasteiger partial charge on any atom is -0.480 e. The molecular formula is C35H49N3O5S2. The first-order valence-corrected chi connectivity index (χ1v) is 18.4. The van der Waals surface area contributed by atoms with Gasteiger partial charge in [0.1, 0.15) is 6.04 Å². The highest BCUT2D eigenvalue weighted by atomic mass is 32.2. The molecule has 0 aliphatic rings. The van der Waals surface area contributed by atoms with Crippen molar-refractivity contribution >= 4 is 33.7 Å². The number of nitrogens with one attached hydrogen (secondary N) is 2. The first-order chi connectivity index (χ1) is 21.4. The van der Waals surface area contributed by atoms with E-state index in [1.54, 1.807) is 11.8 Å². The highest BCUT2D eigenvalue weighted by Gasteiger charge is 2.23. The zero-order valence-corrected chi connectivity index (χ0v) is 28.7. The Kier molecular flexibility index (Phi) is 16.4. The SMILES string of the molecule is CC(C)S(N)(=O)=O.CCCCC(NCCc1ccccc1)c1ccc(C(=O)NC(CCSC)C(=O)O)c(-c2ccccc2C)c1. The first kappa shape index (κ1) is 38.0. The molecule has 0 spiro atoms. The summed E-state index contributed by atoms with van der Waals surface area (Å²) in [4.78, 5) is 25.2. The maximum Gasteiger partial charge on any atom is 0.326 e. The van der Waals surface area contributed by atoms with Gasteiger partial charge >= 0.3 is 5.97 Å². The third kappa shape index (κ3) is 13.0. The predicted molar refractivity (Wildman–Crippen MR) is 187 cm³/mol. The van der Waals surface area contributed by atoms with E-state index in [9.17, 15) is 23.1 Å². The number of aliphatic carboxylic acids is 1. The van der Waals surface area contributed by atoms with Crippen molar-refractivity contribution in [3.63, 3.8) is 0 Å². The van der Waals surface area contributed by atoms with Gasteiger partial charge in [0.15, 0.2) is 0 Å². The highest BCUT2D eigenvalue weighted by molar-refractivity contribution is 7.98. The monoisotopic (exact) mass is 655 g/mol. The Morgan fingerprint density at radius 1 is 0.956 bits per heavy atom. The van der Waals surface area contributed by atoms with Crippen LogP contribution in [0.1, 0.15) is 79.5 Å². The van der Waals surface area contributed by atoms with Gasteiger partial charge in [0, 0.05) is 11.6 Å². The highest BCUT2D eigenvalue weighted by Crippen LogP contribution is 2.31. The van der Waals surface area contributed by atoms with E-state index >= 15 is 0 Å². The molecule has 5 N–H and O–H groups in total. The molecule has 3 aromatic rings. The second-order valence-corrected chi connectivity index (χ2v) is 14.4. The molecule has 0 aliphatic carbocycles. The number of carboxylic acid groups (broad SMARTS) is 1. The third-order valence-electron chi connectivity index (χ3n) is 7.49. The molecule has 2 atom stereocenters. The van der Waals surface area contributed by atoms with Gasteiger partial charge in [-0.1, -0.05) is 80.4 Å².